The number of carboxylic acids is 1. The molecule has 0 saturated carbocycles. The number of amides is 1. The quantitative estimate of drug-likeness (QED) is 0.855. The Balaban J connectivity index is 1.91. The number of rotatable bonds is 6. The molecule has 1 heterocycles. The Morgan fingerprint density at radius 2 is 2.04 bits per heavy atom. The Morgan fingerprint density at radius 1 is 1.30 bits per heavy atom. The fraction of sp³-hybridized carbons (Fsp3) is 0.294. The van der Waals surface area contributed by atoms with Gasteiger partial charge in [0.15, 0.2) is 6.10 Å². The van der Waals surface area contributed by atoms with Crippen molar-refractivity contribution in [2.75, 3.05) is 0 Å². The van der Waals surface area contributed by atoms with E-state index in [2.05, 4.69) is 5.32 Å². The number of carboxylic acid groups (broad SMARTS) is 1. The molecule has 1 unspecified atom stereocenters. The van der Waals surface area contributed by atoms with Gasteiger partial charge < -0.3 is 19.6 Å². The number of hydrogen-bond acceptors (Lipinski definition) is 4. The van der Waals surface area contributed by atoms with Crippen molar-refractivity contribution in [2.45, 2.75) is 33.4 Å². The van der Waals surface area contributed by atoms with Gasteiger partial charge in [-0.1, -0.05) is 12.1 Å². The smallest absolute Gasteiger partial charge is 0.339 e. The van der Waals surface area contributed by atoms with Crippen molar-refractivity contribution in [3.8, 4) is 5.75 Å². The molecule has 1 aromatic carbocycles. The van der Waals surface area contributed by atoms with E-state index in [1.165, 1.54) is 6.07 Å². The summed E-state index contributed by atoms with van der Waals surface area (Å²) < 4.78 is 10.9. The van der Waals surface area contributed by atoms with Gasteiger partial charge in [-0.15, -0.1) is 0 Å². The van der Waals surface area contributed by atoms with Gasteiger partial charge in [0.25, 0.3) is 5.91 Å². The lowest BCUT2D eigenvalue weighted by atomic mass is 10.2. The van der Waals surface area contributed by atoms with Crippen LogP contribution in [0, 0.1) is 13.8 Å². The number of aromatic carboxylic acids is 1. The molecule has 1 atom stereocenters. The summed E-state index contributed by atoms with van der Waals surface area (Å²) in [7, 11) is 0. The molecule has 0 fully saturated rings. The number of carbonyl (C=O) groups is 2. The van der Waals surface area contributed by atoms with E-state index >= 15 is 0 Å². The molecular weight excluding hydrogens is 298 g/mol. The monoisotopic (exact) mass is 317 g/mol. The van der Waals surface area contributed by atoms with Gasteiger partial charge in [-0.2, -0.15) is 0 Å². The molecule has 0 radical (unpaired) electrons. The first kappa shape index (κ1) is 16.6. The molecule has 2 aromatic rings. The third kappa shape index (κ3) is 4.35. The molecular formula is C17H19NO5. The van der Waals surface area contributed by atoms with Crippen molar-refractivity contribution in [3.63, 3.8) is 0 Å². The third-order valence-electron chi connectivity index (χ3n) is 3.31. The van der Waals surface area contributed by atoms with E-state index in [0.717, 1.165) is 5.56 Å². The predicted molar refractivity (Wildman–Crippen MR) is 83.5 cm³/mol. The predicted octanol–water partition coefficient (Wildman–Crippen LogP) is 2.68. The van der Waals surface area contributed by atoms with Crippen LogP contribution in [0.25, 0.3) is 0 Å². The van der Waals surface area contributed by atoms with Gasteiger partial charge in [0.05, 0.1) is 6.54 Å². The topological polar surface area (TPSA) is 88.8 Å². The second kappa shape index (κ2) is 7.00. The van der Waals surface area contributed by atoms with Crippen LogP contribution in [-0.4, -0.2) is 23.1 Å². The Bertz CT molecular complexity index is 720. The lowest BCUT2D eigenvalue weighted by Crippen LogP contribution is -2.35. The van der Waals surface area contributed by atoms with E-state index in [9.17, 15) is 9.59 Å². The van der Waals surface area contributed by atoms with Crippen LogP contribution in [0.4, 0.5) is 0 Å². The summed E-state index contributed by atoms with van der Waals surface area (Å²) >= 11 is 0. The van der Waals surface area contributed by atoms with Crippen LogP contribution >= 0.6 is 0 Å². The number of aryl methyl sites for hydroxylation is 2. The maximum atomic E-state index is 12.0. The summed E-state index contributed by atoms with van der Waals surface area (Å²) in [6.07, 6.45) is -0.674. The maximum Gasteiger partial charge on any atom is 0.339 e. The van der Waals surface area contributed by atoms with E-state index in [1.807, 2.05) is 25.1 Å². The molecule has 2 N–H and O–H groups in total. The normalized spacial score (nSPS) is 11.8. The molecule has 6 heteroatoms. The standard InChI is InChI=1S/C17H19NO5/c1-10-5-4-6-13(7-10)23-12(3)16(19)18-9-14-8-15(17(20)21)11(2)22-14/h4-8,12H,9H2,1-3H3,(H,18,19)(H,20,21). The minimum atomic E-state index is -1.06. The highest BCUT2D eigenvalue weighted by molar-refractivity contribution is 5.88. The highest BCUT2D eigenvalue weighted by Gasteiger charge is 2.17. The number of ether oxygens (including phenoxy) is 1. The number of nitrogens with one attached hydrogen (secondary N) is 1. The molecule has 0 spiro atoms. The Kier molecular flexibility index (Phi) is 5.05. The minimum Gasteiger partial charge on any atom is -0.481 e. The molecule has 1 amide bonds. The zero-order valence-corrected chi connectivity index (χ0v) is 13.3. The highest BCUT2D eigenvalue weighted by atomic mass is 16.5. The fourth-order valence-electron chi connectivity index (χ4n) is 2.11. The first-order valence-electron chi connectivity index (χ1n) is 7.20. The second-order valence-corrected chi connectivity index (χ2v) is 5.28. The van der Waals surface area contributed by atoms with Crippen LogP contribution in [0.2, 0.25) is 0 Å². The molecule has 1 aromatic heterocycles. The summed E-state index contributed by atoms with van der Waals surface area (Å²) in [5.41, 5.74) is 1.14. The summed E-state index contributed by atoms with van der Waals surface area (Å²) in [6.45, 7) is 5.26. The van der Waals surface area contributed by atoms with Crippen LogP contribution in [-0.2, 0) is 11.3 Å². The van der Waals surface area contributed by atoms with E-state index in [0.29, 0.717) is 17.3 Å². The maximum absolute atomic E-state index is 12.0. The summed E-state index contributed by atoms with van der Waals surface area (Å²) in [5.74, 6) is -0.0473. The summed E-state index contributed by atoms with van der Waals surface area (Å²) in [5, 5.41) is 11.6. The molecule has 0 saturated heterocycles. The average Bonchev–Trinajstić information content (AvgIpc) is 2.86. The van der Waals surface area contributed by atoms with Crippen LogP contribution in [0.5, 0.6) is 5.75 Å². The molecule has 6 nitrogen and oxygen atoms in total. The lowest BCUT2D eigenvalue weighted by molar-refractivity contribution is -0.127. The van der Waals surface area contributed by atoms with Gasteiger partial charge in [0.1, 0.15) is 22.8 Å². The molecule has 0 aliphatic rings. The Hall–Kier alpha value is -2.76. The first-order chi connectivity index (χ1) is 10.9. The van der Waals surface area contributed by atoms with Gasteiger partial charge in [-0.25, -0.2) is 4.79 Å². The van der Waals surface area contributed by atoms with Crippen molar-refractivity contribution in [1.29, 1.82) is 0 Å². The summed E-state index contributed by atoms with van der Waals surface area (Å²) in [6, 6.07) is 8.83. The van der Waals surface area contributed by atoms with Crippen molar-refractivity contribution in [1.82, 2.24) is 5.32 Å². The SMILES string of the molecule is Cc1cccc(OC(C)C(=O)NCc2cc(C(=O)O)c(C)o2)c1. The first-order valence-corrected chi connectivity index (χ1v) is 7.20. The Morgan fingerprint density at radius 3 is 2.65 bits per heavy atom. The molecule has 23 heavy (non-hydrogen) atoms. The largest absolute Gasteiger partial charge is 0.481 e. The van der Waals surface area contributed by atoms with Crippen molar-refractivity contribution < 1.29 is 23.8 Å². The van der Waals surface area contributed by atoms with Crippen molar-refractivity contribution in [3.05, 3.63) is 53.0 Å². The van der Waals surface area contributed by atoms with Gasteiger partial charge in [0.2, 0.25) is 0 Å². The van der Waals surface area contributed by atoms with Crippen molar-refractivity contribution in [2.24, 2.45) is 0 Å². The van der Waals surface area contributed by atoms with Gasteiger partial charge in [0, 0.05) is 0 Å². The highest BCUT2D eigenvalue weighted by Crippen LogP contribution is 2.16. The van der Waals surface area contributed by atoms with Crippen LogP contribution in [0.1, 0.15) is 34.4 Å². The number of hydrogen-bond donors (Lipinski definition) is 2. The van der Waals surface area contributed by atoms with Gasteiger partial charge >= 0.3 is 5.97 Å². The number of furan rings is 1. The zero-order valence-electron chi connectivity index (χ0n) is 13.3. The Labute approximate surface area is 134 Å². The van der Waals surface area contributed by atoms with Gasteiger partial charge in [-0.05, 0) is 44.5 Å². The molecule has 0 aliphatic heterocycles. The number of benzene rings is 1. The lowest BCUT2D eigenvalue weighted by Gasteiger charge is -2.14. The second-order valence-electron chi connectivity index (χ2n) is 5.28. The summed E-state index contributed by atoms with van der Waals surface area (Å²) in [4.78, 5) is 23.0. The fourth-order valence-corrected chi connectivity index (χ4v) is 2.11. The third-order valence-corrected chi connectivity index (χ3v) is 3.31. The van der Waals surface area contributed by atoms with E-state index in [-0.39, 0.29) is 18.0 Å². The average molecular weight is 317 g/mol. The molecule has 0 aliphatic carbocycles. The zero-order chi connectivity index (χ0) is 17.0. The van der Waals surface area contributed by atoms with Gasteiger partial charge in [-0.3, -0.25) is 4.79 Å². The van der Waals surface area contributed by atoms with Crippen LogP contribution in [0.3, 0.4) is 0 Å². The van der Waals surface area contributed by atoms with Crippen LogP contribution < -0.4 is 10.1 Å². The van der Waals surface area contributed by atoms with E-state index in [1.54, 1.807) is 19.9 Å². The molecule has 2 rings (SSSR count). The van der Waals surface area contributed by atoms with Crippen molar-refractivity contribution >= 4 is 11.9 Å². The number of carbonyl (C=O) groups excluding carboxylic acids is 1. The molecule has 122 valence electrons. The van der Waals surface area contributed by atoms with E-state index < -0.39 is 12.1 Å². The van der Waals surface area contributed by atoms with Crippen LogP contribution in [0.15, 0.2) is 34.7 Å². The van der Waals surface area contributed by atoms with E-state index in [4.69, 9.17) is 14.3 Å². The minimum absolute atomic E-state index is 0.0957. The molecule has 0 bridgehead atoms.